The van der Waals surface area contributed by atoms with E-state index < -0.39 is 5.91 Å². The highest BCUT2D eigenvalue weighted by atomic mass is 16.5. The van der Waals surface area contributed by atoms with Crippen LogP contribution in [0, 0.1) is 0 Å². The second-order valence-electron chi connectivity index (χ2n) is 6.02. The lowest BCUT2D eigenvalue weighted by molar-refractivity contribution is 0.0936. The van der Waals surface area contributed by atoms with Crippen LogP contribution < -0.4 is 15.5 Å². The van der Waals surface area contributed by atoms with Crippen molar-refractivity contribution in [3.63, 3.8) is 0 Å². The molecule has 1 unspecified atom stereocenters. The number of benzene rings is 1. The highest BCUT2D eigenvalue weighted by molar-refractivity contribution is 5.97. The van der Waals surface area contributed by atoms with E-state index in [1.165, 1.54) is 13.3 Å². The van der Waals surface area contributed by atoms with Crippen molar-refractivity contribution < 1.29 is 9.53 Å². The summed E-state index contributed by atoms with van der Waals surface area (Å²) >= 11 is 0. The lowest BCUT2D eigenvalue weighted by Gasteiger charge is -2.14. The van der Waals surface area contributed by atoms with E-state index in [1.807, 2.05) is 11.5 Å². The molecule has 1 atom stereocenters. The van der Waals surface area contributed by atoms with Crippen molar-refractivity contribution in [2.24, 2.45) is 0 Å². The zero-order valence-corrected chi connectivity index (χ0v) is 14.9. The van der Waals surface area contributed by atoms with Crippen LogP contribution in [0.1, 0.15) is 42.5 Å². The molecule has 0 saturated heterocycles. The molecule has 3 rings (SSSR count). The standard InChI is InChI=1S/C18H21N5O3/c1-4-7-23-10-20-22-17(23)11(2)21-18(25)14-9-19-15-6-5-12(26-3)8-13(15)16(14)24/h5-6,8-11H,4,7H2,1-3H3,(H,19,24)(H,21,25). The Labute approximate surface area is 150 Å². The number of amides is 1. The van der Waals surface area contributed by atoms with Crippen LogP contribution >= 0.6 is 0 Å². The third-order valence-electron chi connectivity index (χ3n) is 4.18. The number of pyridine rings is 1. The number of methoxy groups -OCH3 is 1. The van der Waals surface area contributed by atoms with E-state index >= 15 is 0 Å². The molecule has 3 aromatic rings. The summed E-state index contributed by atoms with van der Waals surface area (Å²) in [5.41, 5.74) is 0.333. The molecule has 0 aliphatic rings. The first-order chi connectivity index (χ1) is 12.5. The fraction of sp³-hybridized carbons (Fsp3) is 0.333. The van der Waals surface area contributed by atoms with Gasteiger partial charge in [0, 0.05) is 23.6 Å². The molecule has 8 nitrogen and oxygen atoms in total. The third kappa shape index (κ3) is 3.30. The number of aryl methyl sites for hydroxylation is 1. The van der Waals surface area contributed by atoms with Crippen LogP contribution in [-0.4, -0.2) is 32.8 Å². The van der Waals surface area contributed by atoms with Gasteiger partial charge in [0.15, 0.2) is 5.82 Å². The van der Waals surface area contributed by atoms with Crippen LogP contribution in [0.5, 0.6) is 5.75 Å². The number of aromatic amines is 1. The van der Waals surface area contributed by atoms with Crippen molar-refractivity contribution in [2.75, 3.05) is 7.11 Å². The minimum atomic E-state index is -0.463. The topological polar surface area (TPSA) is 102 Å². The summed E-state index contributed by atoms with van der Waals surface area (Å²) in [4.78, 5) is 28.3. The van der Waals surface area contributed by atoms with Gasteiger partial charge in [-0.15, -0.1) is 10.2 Å². The van der Waals surface area contributed by atoms with Crippen molar-refractivity contribution in [2.45, 2.75) is 32.9 Å². The lowest BCUT2D eigenvalue weighted by Crippen LogP contribution is -2.32. The number of ether oxygens (including phenoxy) is 1. The first-order valence-corrected chi connectivity index (χ1v) is 8.43. The van der Waals surface area contributed by atoms with Gasteiger partial charge < -0.3 is 19.6 Å². The number of rotatable bonds is 6. The van der Waals surface area contributed by atoms with Crippen molar-refractivity contribution in [1.82, 2.24) is 25.1 Å². The first kappa shape index (κ1) is 17.7. The van der Waals surface area contributed by atoms with Crippen molar-refractivity contribution >= 4 is 16.8 Å². The highest BCUT2D eigenvalue weighted by Crippen LogP contribution is 2.17. The number of fused-ring (bicyclic) bond motifs is 1. The molecule has 0 saturated carbocycles. The average Bonchev–Trinajstić information content (AvgIpc) is 3.10. The van der Waals surface area contributed by atoms with Gasteiger partial charge in [-0.3, -0.25) is 9.59 Å². The molecule has 0 aliphatic carbocycles. The molecule has 0 fully saturated rings. The number of nitrogens with zero attached hydrogens (tertiary/aromatic N) is 3. The minimum absolute atomic E-state index is 0.0409. The van der Waals surface area contributed by atoms with Crippen LogP contribution in [0.25, 0.3) is 10.9 Å². The monoisotopic (exact) mass is 355 g/mol. The maximum absolute atomic E-state index is 12.7. The van der Waals surface area contributed by atoms with Crippen LogP contribution in [0.3, 0.4) is 0 Å². The molecule has 2 heterocycles. The number of aromatic nitrogens is 4. The molecule has 1 amide bonds. The largest absolute Gasteiger partial charge is 0.497 e. The molecule has 0 radical (unpaired) electrons. The van der Waals surface area contributed by atoms with Gasteiger partial charge in [-0.1, -0.05) is 6.92 Å². The van der Waals surface area contributed by atoms with Gasteiger partial charge in [0.25, 0.3) is 5.91 Å². The van der Waals surface area contributed by atoms with Gasteiger partial charge in [-0.2, -0.15) is 0 Å². The van der Waals surface area contributed by atoms with Crippen LogP contribution in [0.2, 0.25) is 0 Å². The molecule has 0 spiro atoms. The van der Waals surface area contributed by atoms with Gasteiger partial charge in [0.1, 0.15) is 17.6 Å². The van der Waals surface area contributed by atoms with Crippen molar-refractivity contribution in [3.05, 3.63) is 52.3 Å². The fourth-order valence-electron chi connectivity index (χ4n) is 2.84. The molecule has 2 N–H and O–H groups in total. The number of hydrogen-bond acceptors (Lipinski definition) is 5. The van der Waals surface area contributed by atoms with E-state index in [1.54, 1.807) is 24.5 Å². The maximum atomic E-state index is 12.7. The predicted octanol–water partition coefficient (Wildman–Crippen LogP) is 2.03. The van der Waals surface area contributed by atoms with E-state index in [9.17, 15) is 9.59 Å². The van der Waals surface area contributed by atoms with Crippen LogP contribution in [0.4, 0.5) is 0 Å². The summed E-state index contributed by atoms with van der Waals surface area (Å²) in [5.74, 6) is 0.746. The van der Waals surface area contributed by atoms with Gasteiger partial charge in [-0.25, -0.2) is 0 Å². The summed E-state index contributed by atoms with van der Waals surface area (Å²) in [6.07, 6.45) is 3.99. The fourth-order valence-corrected chi connectivity index (χ4v) is 2.84. The molecule has 136 valence electrons. The van der Waals surface area contributed by atoms with Crippen molar-refractivity contribution in [3.8, 4) is 5.75 Å². The van der Waals surface area contributed by atoms with Gasteiger partial charge in [0.05, 0.1) is 13.2 Å². The zero-order valence-electron chi connectivity index (χ0n) is 14.9. The normalized spacial score (nSPS) is 12.1. The van der Waals surface area contributed by atoms with E-state index in [4.69, 9.17) is 4.74 Å². The SMILES string of the molecule is CCCn1cnnc1C(C)NC(=O)c1c[nH]c2ccc(OC)cc2c1=O. The Bertz CT molecular complexity index is 992. The number of carbonyl (C=O) groups excluding carboxylic acids is 1. The van der Waals surface area contributed by atoms with E-state index in [2.05, 4.69) is 27.4 Å². The molecule has 0 bridgehead atoms. The molecular formula is C18H21N5O3. The van der Waals surface area contributed by atoms with Crippen molar-refractivity contribution in [1.29, 1.82) is 0 Å². The third-order valence-corrected chi connectivity index (χ3v) is 4.18. The summed E-state index contributed by atoms with van der Waals surface area (Å²) < 4.78 is 7.05. The summed E-state index contributed by atoms with van der Waals surface area (Å²) in [6.45, 7) is 4.63. The molecule has 8 heteroatoms. The number of H-pyrrole nitrogens is 1. The summed E-state index contributed by atoms with van der Waals surface area (Å²) in [7, 11) is 1.53. The number of hydrogen-bond donors (Lipinski definition) is 2. The maximum Gasteiger partial charge on any atom is 0.257 e. The lowest BCUT2D eigenvalue weighted by atomic mass is 10.1. The Morgan fingerprint density at radius 1 is 1.42 bits per heavy atom. The van der Waals surface area contributed by atoms with Crippen LogP contribution in [0.15, 0.2) is 35.5 Å². The van der Waals surface area contributed by atoms with Crippen LogP contribution in [-0.2, 0) is 6.54 Å². The minimum Gasteiger partial charge on any atom is -0.497 e. The van der Waals surface area contributed by atoms with Gasteiger partial charge >= 0.3 is 0 Å². The quantitative estimate of drug-likeness (QED) is 0.704. The number of nitrogens with one attached hydrogen (secondary N) is 2. The van der Waals surface area contributed by atoms with E-state index in [0.29, 0.717) is 22.5 Å². The van der Waals surface area contributed by atoms with Gasteiger partial charge in [0.2, 0.25) is 5.43 Å². The van der Waals surface area contributed by atoms with Gasteiger partial charge in [-0.05, 0) is 31.5 Å². The first-order valence-electron chi connectivity index (χ1n) is 8.43. The second kappa shape index (κ2) is 7.38. The molecule has 0 aliphatic heterocycles. The Balaban J connectivity index is 1.89. The molecule has 1 aromatic carbocycles. The molecular weight excluding hydrogens is 334 g/mol. The number of carbonyl (C=O) groups is 1. The summed E-state index contributed by atoms with van der Waals surface area (Å²) in [5, 5.41) is 11.2. The van der Waals surface area contributed by atoms with E-state index in [-0.39, 0.29) is 17.0 Å². The zero-order chi connectivity index (χ0) is 18.7. The smallest absolute Gasteiger partial charge is 0.257 e. The Kier molecular flexibility index (Phi) is 5.01. The molecule has 26 heavy (non-hydrogen) atoms. The second-order valence-corrected chi connectivity index (χ2v) is 6.02. The highest BCUT2D eigenvalue weighted by Gasteiger charge is 2.19. The average molecular weight is 355 g/mol. The van der Waals surface area contributed by atoms with E-state index in [0.717, 1.165) is 13.0 Å². The predicted molar refractivity (Wildman–Crippen MR) is 97.3 cm³/mol. The Morgan fingerprint density at radius 2 is 2.23 bits per heavy atom. The Morgan fingerprint density at radius 3 is 2.96 bits per heavy atom. The Hall–Kier alpha value is -3.16. The molecule has 2 aromatic heterocycles. The summed E-state index contributed by atoms with van der Waals surface area (Å²) in [6, 6.07) is 4.73.